The van der Waals surface area contributed by atoms with Gasteiger partial charge in [-0.15, -0.1) is 0 Å². The minimum absolute atomic E-state index is 0.0661. The fraction of sp³-hybridized carbons (Fsp3) is 0.300. The van der Waals surface area contributed by atoms with Gasteiger partial charge in [-0.25, -0.2) is 9.18 Å². The molecule has 136 valence electrons. The Morgan fingerprint density at radius 3 is 2.46 bits per heavy atom. The molecule has 1 unspecified atom stereocenters. The van der Waals surface area contributed by atoms with E-state index in [2.05, 4.69) is 0 Å². The first kappa shape index (κ1) is 18.1. The van der Waals surface area contributed by atoms with Crippen molar-refractivity contribution in [2.24, 2.45) is 0 Å². The van der Waals surface area contributed by atoms with Crippen molar-refractivity contribution in [3.63, 3.8) is 0 Å². The van der Waals surface area contributed by atoms with Crippen LogP contribution in [0.4, 0.5) is 4.39 Å². The molecule has 0 spiro atoms. The predicted octanol–water partition coefficient (Wildman–Crippen LogP) is 3.04. The molecule has 1 saturated heterocycles. The Kier molecular flexibility index (Phi) is 5.04. The SMILES string of the molecule is Cc1ccc(-c2ccc(C(=O)N3CCOC(C(=O)O)C3)c(F)c2)cc1C. The summed E-state index contributed by atoms with van der Waals surface area (Å²) in [6.07, 6.45) is -1.08. The highest BCUT2D eigenvalue weighted by molar-refractivity contribution is 5.95. The number of aliphatic carboxylic acids is 1. The molecule has 0 aliphatic carbocycles. The number of carboxylic acid groups (broad SMARTS) is 1. The molecule has 1 aliphatic heterocycles. The van der Waals surface area contributed by atoms with Crippen molar-refractivity contribution >= 4 is 11.9 Å². The first-order chi connectivity index (χ1) is 12.4. The lowest BCUT2D eigenvalue weighted by atomic mass is 9.99. The maximum Gasteiger partial charge on any atom is 0.334 e. The van der Waals surface area contributed by atoms with Crippen molar-refractivity contribution in [2.75, 3.05) is 19.7 Å². The van der Waals surface area contributed by atoms with Crippen LogP contribution >= 0.6 is 0 Å². The largest absolute Gasteiger partial charge is 0.479 e. The molecule has 1 amide bonds. The Hall–Kier alpha value is -2.73. The number of ether oxygens (including phenoxy) is 1. The molecular formula is C20H20FNO4. The molecule has 26 heavy (non-hydrogen) atoms. The van der Waals surface area contributed by atoms with Crippen molar-refractivity contribution in [3.8, 4) is 11.1 Å². The monoisotopic (exact) mass is 357 g/mol. The van der Waals surface area contributed by atoms with Gasteiger partial charge in [0.05, 0.1) is 18.7 Å². The molecule has 1 atom stereocenters. The number of carboxylic acids is 1. The standard InChI is InChI=1S/C20H20FNO4/c1-12-3-4-14(9-13(12)2)15-5-6-16(17(21)10-15)19(23)22-7-8-26-18(11-22)20(24)25/h3-6,9-10,18H,7-8,11H2,1-2H3,(H,24,25). The number of nitrogens with zero attached hydrogens (tertiary/aromatic N) is 1. The summed E-state index contributed by atoms with van der Waals surface area (Å²) in [5.74, 6) is -2.28. The van der Waals surface area contributed by atoms with Crippen LogP contribution in [0.3, 0.4) is 0 Å². The van der Waals surface area contributed by atoms with Gasteiger partial charge in [0.25, 0.3) is 5.91 Å². The molecule has 1 N–H and O–H groups in total. The molecule has 2 aromatic carbocycles. The third kappa shape index (κ3) is 3.60. The zero-order chi connectivity index (χ0) is 18.8. The van der Waals surface area contributed by atoms with Crippen LogP contribution < -0.4 is 0 Å². The van der Waals surface area contributed by atoms with Crippen molar-refractivity contribution in [1.82, 2.24) is 4.90 Å². The Morgan fingerprint density at radius 1 is 1.12 bits per heavy atom. The van der Waals surface area contributed by atoms with E-state index in [9.17, 15) is 14.0 Å². The summed E-state index contributed by atoms with van der Waals surface area (Å²) in [6, 6.07) is 10.4. The first-order valence-corrected chi connectivity index (χ1v) is 8.37. The highest BCUT2D eigenvalue weighted by atomic mass is 19.1. The molecule has 2 aromatic rings. The van der Waals surface area contributed by atoms with Crippen LogP contribution in [-0.4, -0.2) is 47.7 Å². The number of rotatable bonds is 3. The van der Waals surface area contributed by atoms with Crippen molar-refractivity contribution < 1.29 is 23.8 Å². The maximum absolute atomic E-state index is 14.6. The van der Waals surface area contributed by atoms with Gasteiger partial charge in [0.1, 0.15) is 5.82 Å². The second kappa shape index (κ2) is 7.25. The molecular weight excluding hydrogens is 337 g/mol. The number of halogens is 1. The zero-order valence-electron chi connectivity index (χ0n) is 14.7. The van der Waals surface area contributed by atoms with Crippen LogP contribution in [0.5, 0.6) is 0 Å². The van der Waals surface area contributed by atoms with E-state index in [4.69, 9.17) is 9.84 Å². The number of hydrogen-bond donors (Lipinski definition) is 1. The number of morpholine rings is 1. The van der Waals surface area contributed by atoms with Gasteiger partial charge in [0.15, 0.2) is 6.10 Å². The van der Waals surface area contributed by atoms with Crippen molar-refractivity contribution in [1.29, 1.82) is 0 Å². The van der Waals surface area contributed by atoms with Gasteiger partial charge in [0.2, 0.25) is 0 Å². The van der Waals surface area contributed by atoms with E-state index in [1.165, 1.54) is 17.0 Å². The van der Waals surface area contributed by atoms with Gasteiger partial charge in [-0.1, -0.05) is 24.3 Å². The Bertz CT molecular complexity index is 865. The molecule has 3 rings (SSSR count). The van der Waals surface area contributed by atoms with E-state index >= 15 is 0 Å². The smallest absolute Gasteiger partial charge is 0.334 e. The minimum atomic E-state index is -1.13. The van der Waals surface area contributed by atoms with Crippen LogP contribution in [0.25, 0.3) is 11.1 Å². The molecule has 0 radical (unpaired) electrons. The van der Waals surface area contributed by atoms with E-state index in [1.54, 1.807) is 6.07 Å². The topological polar surface area (TPSA) is 66.8 Å². The Balaban J connectivity index is 1.84. The lowest BCUT2D eigenvalue weighted by molar-refractivity contribution is -0.154. The molecule has 5 nitrogen and oxygen atoms in total. The minimum Gasteiger partial charge on any atom is -0.479 e. The second-order valence-corrected chi connectivity index (χ2v) is 6.44. The van der Waals surface area contributed by atoms with Gasteiger partial charge in [-0.3, -0.25) is 4.79 Å². The summed E-state index contributed by atoms with van der Waals surface area (Å²) in [7, 11) is 0. The highest BCUT2D eigenvalue weighted by Crippen LogP contribution is 2.25. The maximum atomic E-state index is 14.6. The first-order valence-electron chi connectivity index (χ1n) is 8.37. The summed E-state index contributed by atoms with van der Waals surface area (Å²) in [5, 5.41) is 9.03. The fourth-order valence-corrected chi connectivity index (χ4v) is 2.94. The molecule has 1 fully saturated rings. The summed E-state index contributed by atoms with van der Waals surface area (Å²) >= 11 is 0. The second-order valence-electron chi connectivity index (χ2n) is 6.44. The highest BCUT2D eigenvalue weighted by Gasteiger charge is 2.30. The number of carbonyl (C=O) groups is 2. The Morgan fingerprint density at radius 2 is 1.81 bits per heavy atom. The zero-order valence-corrected chi connectivity index (χ0v) is 14.7. The number of carbonyl (C=O) groups excluding carboxylic acids is 1. The van der Waals surface area contributed by atoms with Gasteiger partial charge >= 0.3 is 5.97 Å². The van der Waals surface area contributed by atoms with Crippen LogP contribution in [0.2, 0.25) is 0 Å². The number of hydrogen-bond acceptors (Lipinski definition) is 3. The van der Waals surface area contributed by atoms with Gasteiger partial charge in [0, 0.05) is 6.54 Å². The summed E-state index contributed by atoms with van der Waals surface area (Å²) < 4.78 is 19.7. The van der Waals surface area contributed by atoms with E-state index in [-0.39, 0.29) is 25.3 Å². The summed E-state index contributed by atoms with van der Waals surface area (Å²) in [6.45, 7) is 4.26. The van der Waals surface area contributed by atoms with Gasteiger partial charge < -0.3 is 14.7 Å². The summed E-state index contributed by atoms with van der Waals surface area (Å²) in [4.78, 5) is 24.9. The number of amides is 1. The fourth-order valence-electron chi connectivity index (χ4n) is 2.94. The van der Waals surface area contributed by atoms with Crippen LogP contribution in [0.15, 0.2) is 36.4 Å². The average molecular weight is 357 g/mol. The summed E-state index contributed by atoms with van der Waals surface area (Å²) in [5.41, 5.74) is 3.76. The van der Waals surface area contributed by atoms with E-state index in [0.717, 1.165) is 16.7 Å². The van der Waals surface area contributed by atoms with Crippen molar-refractivity contribution in [3.05, 3.63) is 58.9 Å². The van der Waals surface area contributed by atoms with Crippen molar-refractivity contribution in [2.45, 2.75) is 20.0 Å². The normalized spacial score (nSPS) is 17.2. The van der Waals surface area contributed by atoms with E-state index in [0.29, 0.717) is 5.56 Å². The van der Waals surface area contributed by atoms with Gasteiger partial charge in [-0.2, -0.15) is 0 Å². The van der Waals surface area contributed by atoms with Crippen LogP contribution in [0, 0.1) is 19.7 Å². The van der Waals surface area contributed by atoms with E-state index in [1.807, 2.05) is 32.0 Å². The third-order valence-corrected chi connectivity index (χ3v) is 4.67. The lowest BCUT2D eigenvalue weighted by Gasteiger charge is -2.31. The molecule has 0 saturated carbocycles. The van der Waals surface area contributed by atoms with Crippen LogP contribution in [0.1, 0.15) is 21.5 Å². The number of benzene rings is 2. The predicted molar refractivity (Wildman–Crippen MR) is 94.6 cm³/mol. The third-order valence-electron chi connectivity index (χ3n) is 4.67. The van der Waals surface area contributed by atoms with Crippen LogP contribution in [-0.2, 0) is 9.53 Å². The number of aryl methyl sites for hydroxylation is 2. The quantitative estimate of drug-likeness (QED) is 0.917. The van der Waals surface area contributed by atoms with E-state index < -0.39 is 23.8 Å². The molecule has 1 aliphatic rings. The molecule has 0 aromatic heterocycles. The lowest BCUT2D eigenvalue weighted by Crippen LogP contribution is -2.48. The molecule has 6 heteroatoms. The molecule has 0 bridgehead atoms. The molecule has 1 heterocycles. The average Bonchev–Trinajstić information content (AvgIpc) is 2.63. The Labute approximate surface area is 151 Å². The van der Waals surface area contributed by atoms with Gasteiger partial charge in [-0.05, 0) is 48.2 Å².